The molecule has 0 aromatic heterocycles. The molecule has 0 radical (unpaired) electrons. The van der Waals surface area contributed by atoms with Crippen molar-refractivity contribution >= 4 is 5.97 Å². The number of rotatable bonds is 17. The van der Waals surface area contributed by atoms with E-state index in [9.17, 15) is 4.79 Å². The normalized spacial score (nSPS) is 11.6. The van der Waals surface area contributed by atoms with Crippen LogP contribution in [0.1, 0.15) is 114 Å². The molecular weight excluding hydrogens is 346 g/mol. The number of esters is 1. The molecule has 1 atom stereocenters. The van der Waals surface area contributed by atoms with Gasteiger partial charge in [-0.3, -0.25) is 0 Å². The van der Waals surface area contributed by atoms with Gasteiger partial charge >= 0.3 is 65.1 Å². The van der Waals surface area contributed by atoms with E-state index in [1.807, 2.05) is 0 Å². The number of unbranched alkanes of at least 4 members (excludes halogenated alkanes) is 12. The minimum absolute atomic E-state index is 0. The Hall–Kier alpha value is 1.43. The Balaban J connectivity index is -0.000000441. The maximum Gasteiger partial charge on any atom is 1.00 e. The fourth-order valence-electron chi connectivity index (χ4n) is 2.89. The van der Waals surface area contributed by atoms with Crippen LogP contribution in [-0.4, -0.2) is 23.8 Å². The van der Waals surface area contributed by atoms with E-state index in [2.05, 4.69) is 13.8 Å². The molecule has 0 aromatic rings. The Bertz CT molecular complexity index is 295. The second-order valence-electron chi connectivity index (χ2n) is 7.62. The van der Waals surface area contributed by atoms with Crippen LogP contribution in [0.3, 0.4) is 0 Å². The van der Waals surface area contributed by atoms with E-state index in [1.165, 1.54) is 84.0 Å². The Morgan fingerprint density at radius 1 is 0.731 bits per heavy atom. The van der Waals surface area contributed by atoms with Crippen LogP contribution >= 0.6 is 0 Å². The molecule has 0 saturated heterocycles. The number of hydrogen-bond acceptors (Lipinski definition) is 3. The van der Waals surface area contributed by atoms with Gasteiger partial charge in [0.15, 0.2) is 0 Å². The summed E-state index contributed by atoms with van der Waals surface area (Å²) in [5, 5.41) is 8.98. The zero-order valence-corrected chi connectivity index (χ0v) is 22.5. The fourth-order valence-corrected chi connectivity index (χ4v) is 2.89. The summed E-state index contributed by atoms with van der Waals surface area (Å²) >= 11 is 0. The van der Waals surface area contributed by atoms with Crippen LogP contribution in [0.2, 0.25) is 0 Å². The Morgan fingerprint density at radius 3 is 1.42 bits per heavy atom. The van der Waals surface area contributed by atoms with Gasteiger partial charge in [0.05, 0.1) is 6.61 Å². The molecule has 0 fully saturated rings. The number of carbonyl (C=O) groups is 1. The Kier molecular flexibility index (Phi) is 30.2. The number of aliphatic hydroxyl groups is 1. The van der Waals surface area contributed by atoms with E-state index in [1.54, 1.807) is 0 Å². The van der Waals surface area contributed by atoms with Crippen molar-refractivity contribution in [2.75, 3.05) is 6.61 Å². The monoisotopic (exact) mass is 390 g/mol. The predicted molar refractivity (Wildman–Crippen MR) is 104 cm³/mol. The summed E-state index contributed by atoms with van der Waals surface area (Å²) in [5.74, 6) is 0.360. The second kappa shape index (κ2) is 24.5. The van der Waals surface area contributed by atoms with E-state index in [-0.39, 0.29) is 62.0 Å². The van der Waals surface area contributed by atoms with E-state index in [0.29, 0.717) is 6.61 Å². The first-order valence-corrected chi connectivity index (χ1v) is 10.4. The van der Waals surface area contributed by atoms with Crippen molar-refractivity contribution in [3.8, 4) is 0 Å². The first-order valence-electron chi connectivity index (χ1n) is 10.4. The third-order valence-electron chi connectivity index (χ3n) is 4.51. The fraction of sp³-hybridized carbons (Fsp3) is 0.952. The zero-order valence-electron chi connectivity index (χ0n) is 20.5. The molecule has 0 amide bonds. The minimum Gasteiger partial charge on any atom is -1.00 e. The van der Waals surface area contributed by atoms with Gasteiger partial charge in [-0.1, -0.05) is 97.3 Å². The molecule has 0 aromatic carbocycles. The molecule has 0 saturated carbocycles. The summed E-state index contributed by atoms with van der Waals surface area (Å²) in [4.78, 5) is 11.0. The van der Waals surface area contributed by atoms with Gasteiger partial charge in [-0.25, -0.2) is 4.79 Å². The number of aliphatic hydroxyl groups excluding tert-OH is 1. The third kappa shape index (κ3) is 25.4. The molecule has 0 heterocycles. The summed E-state index contributed by atoms with van der Waals surface area (Å²) in [7, 11) is 0. The first kappa shape index (κ1) is 32.1. The van der Waals surface area contributed by atoms with Crippen LogP contribution < -0.4 is 59.1 Å². The van der Waals surface area contributed by atoms with Crippen LogP contribution in [0.4, 0.5) is 0 Å². The maximum atomic E-state index is 11.0. The molecule has 1 unspecified atom stereocenters. The van der Waals surface area contributed by atoms with Crippen LogP contribution in [0.15, 0.2) is 0 Å². The van der Waals surface area contributed by atoms with Crippen molar-refractivity contribution in [3.63, 3.8) is 0 Å². The molecule has 0 bridgehead atoms. The topological polar surface area (TPSA) is 46.5 Å². The molecule has 5 heteroatoms. The number of hydrogen-bond donors (Lipinski definition) is 1. The standard InChI is InChI=1S/C21H42O3.2Na.2H/c1-19(2)17-15-13-11-9-7-5-4-6-8-10-12-14-16-18-24-21(23)20(3)22;;;;/h19-20,22H,4-18H2,1-3H3;;;;/q;2*+1;2*-1. The molecule has 1 N–H and O–H groups in total. The average molecular weight is 391 g/mol. The number of carbonyl (C=O) groups excluding carboxylic acids is 1. The van der Waals surface area contributed by atoms with E-state index in [4.69, 9.17) is 9.84 Å². The molecule has 0 rings (SSSR count). The molecule has 3 nitrogen and oxygen atoms in total. The molecule has 0 aliphatic carbocycles. The summed E-state index contributed by atoms with van der Waals surface area (Å²) in [6.45, 7) is 6.51. The van der Waals surface area contributed by atoms with Crippen molar-refractivity contribution in [2.24, 2.45) is 5.92 Å². The quantitative estimate of drug-likeness (QED) is 0.220. The van der Waals surface area contributed by atoms with Crippen molar-refractivity contribution in [1.29, 1.82) is 0 Å². The van der Waals surface area contributed by atoms with E-state index >= 15 is 0 Å². The second-order valence-corrected chi connectivity index (χ2v) is 7.62. The molecule has 0 spiro atoms. The maximum absolute atomic E-state index is 11.0. The smallest absolute Gasteiger partial charge is 1.00 e. The molecular formula is C21H44Na2O3. The zero-order chi connectivity index (χ0) is 18.0. The summed E-state index contributed by atoms with van der Waals surface area (Å²) in [6.07, 6.45) is 17.5. The van der Waals surface area contributed by atoms with Crippen molar-refractivity contribution < 1.29 is 76.6 Å². The largest absolute Gasteiger partial charge is 1.00 e. The number of ether oxygens (including phenoxy) is 1. The Labute approximate surface area is 210 Å². The van der Waals surface area contributed by atoms with Gasteiger partial charge in [-0.05, 0) is 19.3 Å². The predicted octanol–water partition coefficient (Wildman–Crippen LogP) is 0.261. The SMILES string of the molecule is CC(C)CCCCCCCCCCCCCCCOC(=O)C(C)O.[H-].[H-].[Na+].[Na+]. The first-order chi connectivity index (χ1) is 11.5. The molecule has 148 valence electrons. The summed E-state index contributed by atoms with van der Waals surface area (Å²) in [5.41, 5.74) is 0. The third-order valence-corrected chi connectivity index (χ3v) is 4.51. The van der Waals surface area contributed by atoms with Gasteiger partial charge in [0.2, 0.25) is 0 Å². The van der Waals surface area contributed by atoms with Crippen molar-refractivity contribution in [1.82, 2.24) is 0 Å². The van der Waals surface area contributed by atoms with Gasteiger partial charge in [-0.2, -0.15) is 0 Å². The van der Waals surface area contributed by atoms with Crippen molar-refractivity contribution in [3.05, 3.63) is 0 Å². The summed E-state index contributed by atoms with van der Waals surface area (Å²) in [6, 6.07) is 0. The van der Waals surface area contributed by atoms with Gasteiger partial charge in [-0.15, -0.1) is 0 Å². The van der Waals surface area contributed by atoms with Crippen LogP contribution in [-0.2, 0) is 9.53 Å². The van der Waals surface area contributed by atoms with Crippen LogP contribution in [0, 0.1) is 5.92 Å². The van der Waals surface area contributed by atoms with Gasteiger partial charge in [0.25, 0.3) is 0 Å². The molecule has 0 aliphatic heterocycles. The molecule has 26 heavy (non-hydrogen) atoms. The molecule has 0 aliphatic rings. The minimum atomic E-state index is -0.995. The van der Waals surface area contributed by atoms with Crippen molar-refractivity contribution in [2.45, 2.75) is 117 Å². The van der Waals surface area contributed by atoms with Crippen LogP contribution in [0.5, 0.6) is 0 Å². The Morgan fingerprint density at radius 2 is 1.08 bits per heavy atom. The van der Waals surface area contributed by atoms with E-state index in [0.717, 1.165) is 18.8 Å². The van der Waals surface area contributed by atoms with Gasteiger partial charge < -0.3 is 12.7 Å². The van der Waals surface area contributed by atoms with Crippen LogP contribution in [0.25, 0.3) is 0 Å². The van der Waals surface area contributed by atoms with Gasteiger partial charge in [0, 0.05) is 0 Å². The summed E-state index contributed by atoms with van der Waals surface area (Å²) < 4.78 is 4.93. The van der Waals surface area contributed by atoms with E-state index < -0.39 is 12.1 Å². The average Bonchev–Trinajstić information content (AvgIpc) is 2.53. The van der Waals surface area contributed by atoms with Gasteiger partial charge in [0.1, 0.15) is 6.10 Å².